The average molecular weight is 682 g/mol. The van der Waals surface area contributed by atoms with Gasteiger partial charge in [0.25, 0.3) is 5.91 Å². The molecule has 20 heteroatoms. The topological polar surface area (TPSA) is 60.7 Å². The zero-order valence-corrected chi connectivity index (χ0v) is 21.5. The highest BCUT2D eigenvalue weighted by atomic mass is 35.5. The number of nitrogens with one attached hydrogen (secondary N) is 1. The highest BCUT2D eigenvalue weighted by molar-refractivity contribution is 6.43. The average Bonchev–Trinajstić information content (AvgIpc) is 3.34. The van der Waals surface area contributed by atoms with E-state index in [2.05, 4.69) is 0 Å². The number of carbonyl (C=O) groups excluding carboxylic acids is 1. The van der Waals surface area contributed by atoms with Crippen LogP contribution in [0.1, 0.15) is 16.1 Å². The summed E-state index contributed by atoms with van der Waals surface area (Å²) in [5, 5.41) is 2.07. The van der Waals surface area contributed by atoms with Gasteiger partial charge in [0.1, 0.15) is 5.76 Å². The Kier molecular flexibility index (Phi) is 9.06. The molecule has 0 aliphatic heterocycles. The molecule has 0 radical (unpaired) electrons. The molecule has 0 saturated carbocycles. The van der Waals surface area contributed by atoms with Crippen LogP contribution in [0.15, 0.2) is 59.0 Å². The fourth-order valence-electron chi connectivity index (χ4n) is 3.12. The van der Waals surface area contributed by atoms with E-state index in [1.807, 2.05) is 10.1 Å². The number of benzene rings is 2. The molecule has 3 rings (SSSR count). The summed E-state index contributed by atoms with van der Waals surface area (Å²) in [4.78, 5) is 12.5. The lowest BCUT2D eigenvalue weighted by atomic mass is 10.1. The van der Waals surface area contributed by atoms with Gasteiger partial charge in [-0.2, -0.15) is 43.9 Å². The largest absolute Gasteiger partial charge is 0.527 e. The summed E-state index contributed by atoms with van der Waals surface area (Å²) < 4.78 is 182. The predicted molar refractivity (Wildman–Crippen MR) is 120 cm³/mol. The van der Waals surface area contributed by atoms with Gasteiger partial charge in [-0.1, -0.05) is 41.4 Å². The number of amides is 1. The molecular formula is C23H10Cl2F13NO4. The van der Waals surface area contributed by atoms with E-state index in [1.54, 1.807) is 4.74 Å². The number of furan rings is 1. The minimum absolute atomic E-state index is 0.00124. The molecule has 0 fully saturated rings. The van der Waals surface area contributed by atoms with E-state index >= 15 is 0 Å². The molecule has 1 N–H and O–H groups in total. The molecule has 0 aliphatic rings. The molecule has 5 nitrogen and oxygen atoms in total. The molecule has 1 aromatic heterocycles. The van der Waals surface area contributed by atoms with Crippen molar-refractivity contribution in [1.82, 2.24) is 0 Å². The van der Waals surface area contributed by atoms with Gasteiger partial charge in [0.05, 0.1) is 10.0 Å². The molecule has 1 heterocycles. The lowest BCUT2D eigenvalue weighted by molar-refractivity contribution is -0.535. The van der Waals surface area contributed by atoms with Gasteiger partial charge in [-0.05, 0) is 36.4 Å². The molecule has 236 valence electrons. The third kappa shape index (κ3) is 6.97. The number of anilines is 1. The van der Waals surface area contributed by atoms with Crippen LogP contribution in [0, 0.1) is 0 Å². The van der Waals surface area contributed by atoms with Crippen LogP contribution in [0.3, 0.4) is 0 Å². The first-order valence-electron chi connectivity index (χ1n) is 10.7. The molecule has 0 aliphatic carbocycles. The summed E-state index contributed by atoms with van der Waals surface area (Å²) in [6.45, 7) is 0. The van der Waals surface area contributed by atoms with E-state index in [0.717, 1.165) is 12.1 Å². The molecule has 0 atom stereocenters. The van der Waals surface area contributed by atoms with Crippen molar-refractivity contribution in [2.75, 3.05) is 5.32 Å². The number of halogens is 15. The maximum atomic E-state index is 14.5. The highest BCUT2D eigenvalue weighted by Gasteiger charge is 2.80. The number of rotatable bonds is 10. The summed E-state index contributed by atoms with van der Waals surface area (Å²) in [7, 11) is 0. The van der Waals surface area contributed by atoms with Crippen LogP contribution in [0.5, 0.6) is 0 Å². The Hall–Kier alpha value is -3.22. The normalized spacial score (nSPS) is 13.7. The highest BCUT2D eigenvalue weighted by Crippen LogP contribution is 2.54. The second-order valence-electron chi connectivity index (χ2n) is 8.15. The van der Waals surface area contributed by atoms with Crippen LogP contribution in [-0.2, 0) is 15.4 Å². The fraction of sp³-hybridized carbons (Fsp3) is 0.261. The summed E-state index contributed by atoms with van der Waals surface area (Å²) in [5.41, 5.74) is -2.51. The van der Waals surface area contributed by atoms with Crippen LogP contribution in [0.4, 0.5) is 62.8 Å². The van der Waals surface area contributed by atoms with Crippen molar-refractivity contribution in [3.05, 3.63) is 76.0 Å². The molecule has 1 amide bonds. The van der Waals surface area contributed by atoms with E-state index in [-0.39, 0.29) is 33.5 Å². The van der Waals surface area contributed by atoms with Gasteiger partial charge in [-0.3, -0.25) is 4.79 Å². The number of hydrogen-bond acceptors (Lipinski definition) is 4. The molecule has 0 spiro atoms. The van der Waals surface area contributed by atoms with Crippen molar-refractivity contribution in [3.8, 4) is 11.3 Å². The predicted octanol–water partition coefficient (Wildman–Crippen LogP) is 9.56. The molecule has 3 aromatic rings. The van der Waals surface area contributed by atoms with Crippen molar-refractivity contribution < 1.29 is 75.8 Å². The minimum atomic E-state index is -7.55. The van der Waals surface area contributed by atoms with Crippen LogP contribution < -0.4 is 5.32 Å². The Morgan fingerprint density at radius 1 is 0.721 bits per heavy atom. The standard InChI is InChI=1S/C23H10Cl2F13NO4/c24-13-6-2-5-12(16(13)25)14-7-8-15(41-14)17(40)39-11-4-1-3-10(9-11)18(26,27)20(30,31)42-21(32,33)19(28,29)22(34,35)43-23(36,37)38/h1-9H,(H,39,40). The number of ether oxygens (including phenoxy) is 2. The number of hydrogen-bond donors (Lipinski definition) is 1. The molecule has 0 bridgehead atoms. The molecule has 0 saturated heterocycles. The lowest BCUT2D eigenvalue weighted by Crippen LogP contribution is -2.61. The molecule has 0 unspecified atom stereocenters. The SMILES string of the molecule is O=C(Nc1cccc(C(F)(F)C(F)(F)OC(F)(F)C(F)(F)C(F)(F)OC(F)(F)F)c1)c1ccc(-c2cccc(Cl)c2Cl)o1. The van der Waals surface area contributed by atoms with Crippen molar-refractivity contribution in [1.29, 1.82) is 0 Å². The van der Waals surface area contributed by atoms with Gasteiger partial charge >= 0.3 is 36.5 Å². The second-order valence-corrected chi connectivity index (χ2v) is 8.93. The lowest BCUT2D eigenvalue weighted by Gasteiger charge is -2.35. The third-order valence-electron chi connectivity index (χ3n) is 5.13. The van der Waals surface area contributed by atoms with Gasteiger partial charge in [0, 0.05) is 16.8 Å². The van der Waals surface area contributed by atoms with Gasteiger partial charge in [0.2, 0.25) is 0 Å². The Morgan fingerprint density at radius 3 is 1.91 bits per heavy atom. The van der Waals surface area contributed by atoms with Crippen molar-refractivity contribution in [2.45, 2.75) is 36.5 Å². The van der Waals surface area contributed by atoms with Crippen molar-refractivity contribution >= 4 is 34.8 Å². The van der Waals surface area contributed by atoms with E-state index in [4.69, 9.17) is 27.6 Å². The van der Waals surface area contributed by atoms with Crippen LogP contribution in [0.2, 0.25) is 10.0 Å². The van der Waals surface area contributed by atoms with E-state index in [0.29, 0.717) is 6.07 Å². The first-order chi connectivity index (χ1) is 19.4. The molecule has 43 heavy (non-hydrogen) atoms. The van der Waals surface area contributed by atoms with E-state index in [1.165, 1.54) is 24.3 Å². The van der Waals surface area contributed by atoms with Gasteiger partial charge in [-0.25, -0.2) is 9.47 Å². The van der Waals surface area contributed by atoms with Crippen LogP contribution in [-0.4, -0.2) is 36.5 Å². The summed E-state index contributed by atoms with van der Waals surface area (Å²) >= 11 is 11.9. The maximum absolute atomic E-state index is 14.5. The van der Waals surface area contributed by atoms with Crippen molar-refractivity contribution in [2.24, 2.45) is 0 Å². The number of alkyl halides is 13. The zero-order valence-electron chi connectivity index (χ0n) is 20.0. The van der Waals surface area contributed by atoms with E-state index < -0.39 is 59.5 Å². The van der Waals surface area contributed by atoms with Crippen LogP contribution in [0.25, 0.3) is 11.3 Å². The smallest absolute Gasteiger partial charge is 0.451 e. The minimum Gasteiger partial charge on any atom is -0.451 e. The summed E-state index contributed by atoms with van der Waals surface area (Å²) in [6, 6.07) is 8.18. The second kappa shape index (κ2) is 11.4. The first kappa shape index (κ1) is 34.3. The Bertz CT molecular complexity index is 1490. The molecule has 2 aromatic carbocycles. The van der Waals surface area contributed by atoms with Crippen LogP contribution >= 0.6 is 23.2 Å². The fourth-order valence-corrected chi connectivity index (χ4v) is 3.51. The van der Waals surface area contributed by atoms with Gasteiger partial charge in [0.15, 0.2) is 5.76 Å². The Balaban J connectivity index is 1.83. The van der Waals surface area contributed by atoms with Gasteiger partial charge in [-0.15, -0.1) is 13.2 Å². The zero-order chi connectivity index (χ0) is 32.8. The van der Waals surface area contributed by atoms with Gasteiger partial charge < -0.3 is 9.73 Å². The van der Waals surface area contributed by atoms with E-state index in [9.17, 15) is 61.9 Å². The Morgan fingerprint density at radius 2 is 1.30 bits per heavy atom. The number of carbonyl (C=O) groups is 1. The quantitative estimate of drug-likeness (QED) is 0.217. The monoisotopic (exact) mass is 681 g/mol. The first-order valence-corrected chi connectivity index (χ1v) is 11.5. The molecular weight excluding hydrogens is 672 g/mol. The summed E-state index contributed by atoms with van der Waals surface area (Å²) in [6.07, 6.45) is -28.1. The summed E-state index contributed by atoms with van der Waals surface area (Å²) in [5.74, 6) is -15.3. The van der Waals surface area contributed by atoms with Crippen molar-refractivity contribution in [3.63, 3.8) is 0 Å². The maximum Gasteiger partial charge on any atom is 0.527 e. The third-order valence-corrected chi connectivity index (χ3v) is 5.95. The Labute approximate surface area is 240 Å².